The van der Waals surface area contributed by atoms with E-state index in [2.05, 4.69) is 5.32 Å². The third-order valence-corrected chi connectivity index (χ3v) is 3.92. The molecule has 1 aromatic heterocycles. The first-order valence-corrected chi connectivity index (χ1v) is 7.31. The van der Waals surface area contributed by atoms with E-state index in [0.29, 0.717) is 11.4 Å². The molecule has 2 heterocycles. The van der Waals surface area contributed by atoms with Crippen LogP contribution in [0.15, 0.2) is 48.8 Å². The number of anilines is 2. The second-order valence-corrected chi connectivity index (χ2v) is 5.99. The van der Waals surface area contributed by atoms with Crippen molar-refractivity contribution in [2.45, 2.75) is 25.9 Å². The second-order valence-electron chi connectivity index (χ2n) is 5.99. The Labute approximate surface area is 134 Å². The molecule has 0 spiro atoms. The summed E-state index contributed by atoms with van der Waals surface area (Å²) in [7, 11) is 0. The van der Waals surface area contributed by atoms with Crippen molar-refractivity contribution in [2.75, 3.05) is 10.2 Å². The normalized spacial score (nSPS) is 15.7. The molecule has 2 N–H and O–H groups in total. The smallest absolute Gasteiger partial charge is 0.293 e. The molecule has 0 radical (unpaired) electrons. The van der Waals surface area contributed by atoms with Gasteiger partial charge in [-0.05, 0) is 32.0 Å². The molecule has 2 aromatic rings. The number of fused-ring (bicyclic) bond motifs is 1. The number of hydrogen-bond donors (Lipinski definition) is 2. The van der Waals surface area contributed by atoms with Crippen molar-refractivity contribution in [3.8, 4) is 5.75 Å². The first-order valence-electron chi connectivity index (χ1n) is 7.31. The molecule has 6 heteroatoms. The number of benzene rings is 1. The van der Waals surface area contributed by atoms with E-state index >= 15 is 0 Å². The van der Waals surface area contributed by atoms with Crippen LogP contribution in [0.3, 0.4) is 0 Å². The molecule has 6 nitrogen and oxygen atoms in total. The molecule has 118 valence electrons. The second kappa shape index (κ2) is 5.39. The van der Waals surface area contributed by atoms with Gasteiger partial charge < -0.3 is 10.4 Å². The number of aromatic nitrogens is 1. The van der Waals surface area contributed by atoms with Gasteiger partial charge >= 0.3 is 0 Å². The Morgan fingerprint density at radius 2 is 2.00 bits per heavy atom. The predicted octanol–water partition coefficient (Wildman–Crippen LogP) is 1.44. The van der Waals surface area contributed by atoms with Gasteiger partial charge in [0.05, 0.1) is 11.4 Å². The van der Waals surface area contributed by atoms with E-state index < -0.39 is 5.54 Å². The number of hydrogen-bond acceptors (Lipinski definition) is 3. The van der Waals surface area contributed by atoms with Gasteiger partial charge in [-0.3, -0.25) is 14.5 Å². The Morgan fingerprint density at radius 3 is 2.74 bits per heavy atom. The molecule has 0 atom stereocenters. The van der Waals surface area contributed by atoms with Gasteiger partial charge in [0.15, 0.2) is 11.9 Å². The standard InChI is InChI=1S/C17H17N3O3/c1-17(2)16(23)18-13-7-3-4-8-14(13)20(17)15(22)11-19-9-5-6-12(21)10-19/h3-10H,11H2,1-2H3,(H-,18,21,23)/p+1. The summed E-state index contributed by atoms with van der Waals surface area (Å²) < 4.78 is 1.59. The zero-order valence-corrected chi connectivity index (χ0v) is 13.0. The van der Waals surface area contributed by atoms with Crippen LogP contribution < -0.4 is 14.8 Å². The van der Waals surface area contributed by atoms with E-state index in [1.54, 1.807) is 36.7 Å². The fraction of sp³-hybridized carbons (Fsp3) is 0.235. The van der Waals surface area contributed by atoms with Crippen LogP contribution in [0.25, 0.3) is 0 Å². The van der Waals surface area contributed by atoms with Gasteiger partial charge in [-0.15, -0.1) is 0 Å². The molecule has 23 heavy (non-hydrogen) atoms. The number of carbonyl (C=O) groups is 2. The van der Waals surface area contributed by atoms with Crippen molar-refractivity contribution in [1.29, 1.82) is 0 Å². The van der Waals surface area contributed by atoms with Crippen LogP contribution in [0.2, 0.25) is 0 Å². The number of nitrogens with one attached hydrogen (secondary N) is 1. The highest BCUT2D eigenvalue weighted by atomic mass is 16.3. The van der Waals surface area contributed by atoms with E-state index in [-0.39, 0.29) is 24.1 Å². The third-order valence-electron chi connectivity index (χ3n) is 3.92. The third kappa shape index (κ3) is 2.63. The lowest BCUT2D eigenvalue weighted by Gasteiger charge is -2.41. The van der Waals surface area contributed by atoms with Gasteiger partial charge in [0.1, 0.15) is 5.54 Å². The zero-order valence-electron chi connectivity index (χ0n) is 13.0. The quantitative estimate of drug-likeness (QED) is 0.824. The summed E-state index contributed by atoms with van der Waals surface area (Å²) in [5.74, 6) is -0.380. The van der Waals surface area contributed by atoms with Crippen LogP contribution in [0.1, 0.15) is 13.8 Å². The molecule has 1 aliphatic rings. The number of pyridine rings is 1. The molecule has 3 rings (SSSR count). The minimum absolute atomic E-state index is 0.0272. The Bertz CT molecular complexity index is 786. The van der Waals surface area contributed by atoms with Gasteiger partial charge in [0, 0.05) is 6.07 Å². The van der Waals surface area contributed by atoms with Crippen molar-refractivity contribution in [2.24, 2.45) is 0 Å². The topological polar surface area (TPSA) is 73.5 Å². The van der Waals surface area contributed by atoms with Crippen LogP contribution in [0.5, 0.6) is 5.75 Å². The van der Waals surface area contributed by atoms with Gasteiger partial charge in [0.25, 0.3) is 5.91 Å². The van der Waals surface area contributed by atoms with Crippen molar-refractivity contribution < 1.29 is 19.3 Å². The van der Waals surface area contributed by atoms with Crippen LogP contribution in [-0.4, -0.2) is 22.5 Å². The van der Waals surface area contributed by atoms with E-state index in [9.17, 15) is 14.7 Å². The average Bonchev–Trinajstić information content (AvgIpc) is 2.48. The number of nitrogens with zero attached hydrogens (tertiary/aromatic N) is 2. The number of amides is 2. The summed E-state index contributed by atoms with van der Waals surface area (Å²) in [6.07, 6.45) is 3.17. The monoisotopic (exact) mass is 312 g/mol. The van der Waals surface area contributed by atoms with E-state index in [1.165, 1.54) is 17.2 Å². The Kier molecular flexibility index (Phi) is 3.52. The minimum Gasteiger partial charge on any atom is -0.503 e. The highest BCUT2D eigenvalue weighted by molar-refractivity contribution is 6.13. The number of carbonyl (C=O) groups excluding carboxylic acids is 2. The average molecular weight is 312 g/mol. The van der Waals surface area contributed by atoms with E-state index in [0.717, 1.165) is 0 Å². The van der Waals surface area contributed by atoms with Crippen LogP contribution in [0.4, 0.5) is 11.4 Å². The summed E-state index contributed by atoms with van der Waals surface area (Å²) in [5.41, 5.74) is 0.289. The lowest BCUT2D eigenvalue weighted by molar-refractivity contribution is -0.684. The number of aromatic hydroxyl groups is 1. The highest BCUT2D eigenvalue weighted by Crippen LogP contribution is 2.36. The lowest BCUT2D eigenvalue weighted by Crippen LogP contribution is -2.60. The lowest BCUT2D eigenvalue weighted by atomic mass is 9.96. The molecule has 0 saturated carbocycles. The summed E-state index contributed by atoms with van der Waals surface area (Å²) in [6, 6.07) is 10.4. The fourth-order valence-electron chi connectivity index (χ4n) is 2.73. The molecule has 0 fully saturated rings. The SMILES string of the molecule is CC1(C)C(=O)Nc2ccccc2N1C(=O)C[n+]1cccc(O)c1. The molecule has 0 bridgehead atoms. The Balaban J connectivity index is 1.99. The fourth-order valence-corrected chi connectivity index (χ4v) is 2.73. The van der Waals surface area contributed by atoms with Crippen molar-refractivity contribution >= 4 is 23.2 Å². The maximum atomic E-state index is 12.8. The Morgan fingerprint density at radius 1 is 1.26 bits per heavy atom. The van der Waals surface area contributed by atoms with Crippen LogP contribution >= 0.6 is 0 Å². The van der Waals surface area contributed by atoms with Crippen molar-refractivity contribution in [3.05, 3.63) is 48.8 Å². The molecule has 1 aromatic carbocycles. The van der Waals surface area contributed by atoms with Crippen molar-refractivity contribution in [3.63, 3.8) is 0 Å². The molecule has 1 aliphatic heterocycles. The van der Waals surface area contributed by atoms with Gasteiger partial charge in [-0.2, -0.15) is 4.57 Å². The largest absolute Gasteiger partial charge is 0.503 e. The van der Waals surface area contributed by atoms with E-state index in [4.69, 9.17) is 0 Å². The predicted molar refractivity (Wildman–Crippen MR) is 84.9 cm³/mol. The summed E-state index contributed by atoms with van der Waals surface area (Å²) in [4.78, 5) is 26.7. The van der Waals surface area contributed by atoms with Crippen LogP contribution in [0, 0.1) is 0 Å². The molecule has 0 saturated heterocycles. The zero-order chi connectivity index (χ0) is 16.6. The van der Waals surface area contributed by atoms with Gasteiger partial charge in [0.2, 0.25) is 18.6 Å². The van der Waals surface area contributed by atoms with Crippen LogP contribution in [-0.2, 0) is 16.1 Å². The maximum absolute atomic E-state index is 12.8. The first kappa shape index (κ1) is 15.0. The van der Waals surface area contributed by atoms with Crippen molar-refractivity contribution in [1.82, 2.24) is 0 Å². The van der Waals surface area contributed by atoms with Gasteiger partial charge in [-0.25, -0.2) is 0 Å². The molecule has 0 aliphatic carbocycles. The van der Waals surface area contributed by atoms with Gasteiger partial charge in [-0.1, -0.05) is 12.1 Å². The molecular weight excluding hydrogens is 294 g/mol. The summed E-state index contributed by atoms with van der Waals surface area (Å²) in [5, 5.41) is 12.4. The number of rotatable bonds is 2. The minimum atomic E-state index is -0.997. The maximum Gasteiger partial charge on any atom is 0.293 e. The first-order chi connectivity index (χ1) is 10.9. The Hall–Kier alpha value is -2.89. The summed E-state index contributed by atoms with van der Waals surface area (Å²) >= 11 is 0. The summed E-state index contributed by atoms with van der Waals surface area (Å²) in [6.45, 7) is 3.45. The number of para-hydroxylation sites is 2. The van der Waals surface area contributed by atoms with E-state index in [1.807, 2.05) is 18.2 Å². The molecule has 2 amide bonds. The highest BCUT2D eigenvalue weighted by Gasteiger charge is 2.44. The molecule has 0 unspecified atom stereocenters. The molecular formula is C17H18N3O3+.